The third kappa shape index (κ3) is 6.51. The Morgan fingerprint density at radius 1 is 1.05 bits per heavy atom. The Labute approximate surface area is 227 Å². The molecule has 2 aliphatic heterocycles. The van der Waals surface area contributed by atoms with Crippen LogP contribution in [0.2, 0.25) is 0 Å². The summed E-state index contributed by atoms with van der Waals surface area (Å²) in [5.74, 6) is 0.974. The van der Waals surface area contributed by atoms with Gasteiger partial charge in [-0.15, -0.1) is 10.2 Å². The van der Waals surface area contributed by atoms with Gasteiger partial charge in [0.15, 0.2) is 0 Å². The molecule has 3 heterocycles. The number of fused-ring (bicyclic) bond motifs is 1. The molecule has 3 amide bonds. The Bertz CT molecular complexity index is 1340. The average molecular weight is 532 g/mol. The number of nitrogens with one attached hydrogen (secondary N) is 2. The molecule has 1 aromatic heterocycles. The van der Waals surface area contributed by atoms with Crippen molar-refractivity contribution in [2.75, 3.05) is 13.2 Å². The van der Waals surface area contributed by atoms with Crippen molar-refractivity contribution in [3.8, 4) is 17.2 Å². The lowest BCUT2D eigenvalue weighted by molar-refractivity contribution is -0.136. The first kappa shape index (κ1) is 26.6. The standard InChI is InChI=1S/C29H33N5O5/c1-19-32-33-28(39-19)21-8-6-20(7-9-21)17-30-14-4-2-3-5-15-38-23-10-11-24-22(16-23)18-34(29(24)37)25-12-13-26(35)31-27(25)36/h6-11,16,25,30H,2-5,12-15,17-18H2,1H3,(H,31,35,36). The number of unbranched alkanes of at least 4 members (excludes halogenated alkanes) is 3. The summed E-state index contributed by atoms with van der Waals surface area (Å²) in [5.41, 5.74) is 3.58. The Morgan fingerprint density at radius 3 is 2.64 bits per heavy atom. The quantitative estimate of drug-likeness (QED) is 0.268. The van der Waals surface area contributed by atoms with Gasteiger partial charge in [0.2, 0.25) is 23.6 Å². The number of imide groups is 1. The zero-order valence-electron chi connectivity index (χ0n) is 22.1. The molecule has 2 N–H and O–H groups in total. The lowest BCUT2D eigenvalue weighted by Crippen LogP contribution is -2.52. The van der Waals surface area contributed by atoms with Gasteiger partial charge in [-0.1, -0.05) is 25.0 Å². The van der Waals surface area contributed by atoms with Gasteiger partial charge in [0.1, 0.15) is 11.8 Å². The number of piperidine rings is 1. The number of ether oxygens (including phenoxy) is 1. The summed E-state index contributed by atoms with van der Waals surface area (Å²) in [5, 5.41) is 13.7. The summed E-state index contributed by atoms with van der Waals surface area (Å²) in [6.07, 6.45) is 4.85. The maximum atomic E-state index is 12.8. The van der Waals surface area contributed by atoms with Crippen LogP contribution >= 0.6 is 0 Å². The molecule has 0 saturated carbocycles. The fourth-order valence-electron chi connectivity index (χ4n) is 4.95. The molecule has 1 saturated heterocycles. The van der Waals surface area contributed by atoms with Crippen LogP contribution in [0.1, 0.15) is 65.9 Å². The van der Waals surface area contributed by atoms with Crippen LogP contribution in [0.4, 0.5) is 0 Å². The van der Waals surface area contributed by atoms with Crippen molar-refractivity contribution in [3.63, 3.8) is 0 Å². The summed E-state index contributed by atoms with van der Waals surface area (Å²) >= 11 is 0. The highest BCUT2D eigenvalue weighted by molar-refractivity contribution is 6.05. The maximum Gasteiger partial charge on any atom is 0.255 e. The molecule has 0 bridgehead atoms. The van der Waals surface area contributed by atoms with E-state index in [9.17, 15) is 14.4 Å². The van der Waals surface area contributed by atoms with Crippen LogP contribution in [0.25, 0.3) is 11.5 Å². The van der Waals surface area contributed by atoms with Crippen molar-refractivity contribution in [2.45, 2.75) is 64.6 Å². The number of carbonyl (C=O) groups is 3. The van der Waals surface area contributed by atoms with Gasteiger partial charge in [0.25, 0.3) is 5.91 Å². The number of aromatic nitrogens is 2. The molecule has 0 radical (unpaired) electrons. The summed E-state index contributed by atoms with van der Waals surface area (Å²) in [6.45, 7) is 4.51. The summed E-state index contributed by atoms with van der Waals surface area (Å²) < 4.78 is 11.4. The molecular formula is C29H33N5O5. The molecule has 39 heavy (non-hydrogen) atoms. The largest absolute Gasteiger partial charge is 0.494 e. The van der Waals surface area contributed by atoms with Crippen molar-refractivity contribution in [1.82, 2.24) is 25.7 Å². The molecule has 2 aromatic carbocycles. The Kier molecular flexibility index (Phi) is 8.31. The Morgan fingerprint density at radius 2 is 1.87 bits per heavy atom. The van der Waals surface area contributed by atoms with Crippen LogP contribution in [0.5, 0.6) is 5.75 Å². The predicted molar refractivity (Wildman–Crippen MR) is 143 cm³/mol. The van der Waals surface area contributed by atoms with Gasteiger partial charge in [0.05, 0.1) is 6.61 Å². The minimum Gasteiger partial charge on any atom is -0.494 e. The SMILES string of the molecule is Cc1nnc(-c2ccc(CNCCCCCCOc3ccc4c(c3)CN(C3CCC(=O)NC3=O)C4=O)cc2)o1. The highest BCUT2D eigenvalue weighted by Gasteiger charge is 2.39. The van der Waals surface area contributed by atoms with Crippen LogP contribution in [0.15, 0.2) is 46.9 Å². The normalized spacial score (nSPS) is 16.9. The van der Waals surface area contributed by atoms with Crippen LogP contribution < -0.4 is 15.4 Å². The van der Waals surface area contributed by atoms with E-state index in [4.69, 9.17) is 9.15 Å². The van der Waals surface area contributed by atoms with E-state index in [2.05, 4.69) is 33.0 Å². The molecule has 10 heteroatoms. The van der Waals surface area contributed by atoms with E-state index in [1.165, 1.54) is 5.56 Å². The third-order valence-corrected chi connectivity index (χ3v) is 7.07. The number of benzene rings is 2. The monoisotopic (exact) mass is 531 g/mol. The minimum absolute atomic E-state index is 0.171. The Balaban J connectivity index is 0.958. The number of hydrogen-bond donors (Lipinski definition) is 2. The molecule has 3 aromatic rings. The van der Waals surface area contributed by atoms with Gasteiger partial charge >= 0.3 is 0 Å². The number of nitrogens with zero attached hydrogens (tertiary/aromatic N) is 3. The van der Waals surface area contributed by atoms with Crippen molar-refractivity contribution in [3.05, 3.63) is 65.0 Å². The van der Waals surface area contributed by atoms with E-state index in [0.717, 1.165) is 55.6 Å². The van der Waals surface area contributed by atoms with Crippen LogP contribution in [-0.4, -0.2) is 52.0 Å². The summed E-state index contributed by atoms with van der Waals surface area (Å²) in [6, 6.07) is 13.0. The highest BCUT2D eigenvalue weighted by Crippen LogP contribution is 2.30. The van der Waals surface area contributed by atoms with Gasteiger partial charge in [-0.25, -0.2) is 0 Å². The zero-order valence-corrected chi connectivity index (χ0v) is 22.1. The van der Waals surface area contributed by atoms with E-state index in [-0.39, 0.29) is 18.2 Å². The van der Waals surface area contributed by atoms with Crippen molar-refractivity contribution in [2.24, 2.45) is 0 Å². The van der Waals surface area contributed by atoms with Crippen LogP contribution in [0.3, 0.4) is 0 Å². The van der Waals surface area contributed by atoms with E-state index >= 15 is 0 Å². The number of rotatable bonds is 12. The van der Waals surface area contributed by atoms with Gasteiger partial charge in [-0.05, 0) is 67.3 Å². The minimum atomic E-state index is -0.603. The van der Waals surface area contributed by atoms with Crippen LogP contribution in [0, 0.1) is 6.92 Å². The van der Waals surface area contributed by atoms with Gasteiger partial charge in [0, 0.05) is 37.6 Å². The van der Waals surface area contributed by atoms with E-state index < -0.39 is 11.9 Å². The van der Waals surface area contributed by atoms with Crippen molar-refractivity contribution in [1.29, 1.82) is 0 Å². The Hall–Kier alpha value is -4.05. The lowest BCUT2D eigenvalue weighted by Gasteiger charge is -2.29. The molecule has 0 spiro atoms. The van der Waals surface area contributed by atoms with E-state index in [1.807, 2.05) is 24.3 Å². The first-order chi connectivity index (χ1) is 19.0. The first-order valence-electron chi connectivity index (χ1n) is 13.5. The van der Waals surface area contributed by atoms with Gasteiger partial charge < -0.3 is 19.4 Å². The first-order valence-corrected chi connectivity index (χ1v) is 13.5. The molecule has 1 atom stereocenters. The maximum absolute atomic E-state index is 12.8. The molecule has 1 fully saturated rings. The third-order valence-electron chi connectivity index (χ3n) is 7.07. The van der Waals surface area contributed by atoms with Crippen molar-refractivity contribution >= 4 is 17.7 Å². The topological polar surface area (TPSA) is 127 Å². The smallest absolute Gasteiger partial charge is 0.255 e. The average Bonchev–Trinajstić information content (AvgIpc) is 3.51. The molecule has 5 rings (SSSR count). The van der Waals surface area contributed by atoms with E-state index in [0.29, 0.717) is 36.9 Å². The molecular weight excluding hydrogens is 498 g/mol. The second-order valence-corrected chi connectivity index (χ2v) is 9.98. The second-order valence-electron chi connectivity index (χ2n) is 9.98. The fraction of sp³-hybridized carbons (Fsp3) is 0.414. The second kappa shape index (κ2) is 12.2. The lowest BCUT2D eigenvalue weighted by atomic mass is 10.0. The van der Waals surface area contributed by atoms with Gasteiger partial charge in [-0.2, -0.15) is 0 Å². The summed E-state index contributed by atoms with van der Waals surface area (Å²) in [4.78, 5) is 38.0. The molecule has 2 aliphatic rings. The molecule has 10 nitrogen and oxygen atoms in total. The molecule has 204 valence electrons. The number of amides is 3. The number of aryl methyl sites for hydroxylation is 1. The summed E-state index contributed by atoms with van der Waals surface area (Å²) in [7, 11) is 0. The van der Waals surface area contributed by atoms with Crippen LogP contribution in [-0.2, 0) is 22.7 Å². The van der Waals surface area contributed by atoms with Gasteiger partial charge in [-0.3, -0.25) is 19.7 Å². The fourth-order valence-corrected chi connectivity index (χ4v) is 4.95. The number of hydrogen-bond acceptors (Lipinski definition) is 8. The molecule has 1 unspecified atom stereocenters. The zero-order chi connectivity index (χ0) is 27.2. The number of carbonyl (C=O) groups excluding carboxylic acids is 3. The molecule has 0 aliphatic carbocycles. The van der Waals surface area contributed by atoms with Crippen molar-refractivity contribution < 1.29 is 23.5 Å². The van der Waals surface area contributed by atoms with E-state index in [1.54, 1.807) is 17.9 Å². The highest BCUT2D eigenvalue weighted by atomic mass is 16.5. The predicted octanol–water partition coefficient (Wildman–Crippen LogP) is 3.54.